The summed E-state index contributed by atoms with van der Waals surface area (Å²) in [7, 11) is 1.57. The Kier molecular flexibility index (Phi) is 11.7. The zero-order valence-electron chi connectivity index (χ0n) is 30.1. The molecule has 4 aromatic rings. The van der Waals surface area contributed by atoms with Crippen LogP contribution in [0.5, 0.6) is 11.5 Å². The predicted molar refractivity (Wildman–Crippen MR) is 189 cm³/mol. The molecule has 2 fully saturated rings. The molecule has 0 radical (unpaired) electrons. The van der Waals surface area contributed by atoms with E-state index in [4.69, 9.17) is 38.5 Å². The molecule has 2 saturated heterocycles. The number of aromatic nitrogens is 6. The van der Waals surface area contributed by atoms with Gasteiger partial charge in [0.15, 0.2) is 28.9 Å². The number of anilines is 1. The maximum Gasteiger partial charge on any atom is 0.408 e. The number of nitrogens with two attached hydrogens (primary N) is 1. The Bertz CT molecular complexity index is 2190. The van der Waals surface area contributed by atoms with Crippen LogP contribution in [0, 0.1) is 6.92 Å². The molecule has 294 valence electrons. The summed E-state index contributed by atoms with van der Waals surface area (Å²) in [6.07, 6.45) is -4.69. The molecule has 2 aliphatic heterocycles. The van der Waals surface area contributed by atoms with Crippen LogP contribution >= 0.6 is 7.75 Å². The van der Waals surface area contributed by atoms with Crippen LogP contribution in [0.2, 0.25) is 0 Å². The first-order chi connectivity index (χ1) is 25.8. The lowest BCUT2D eigenvalue weighted by molar-refractivity contribution is -0.0614. The minimum atomic E-state index is -4.35. The van der Waals surface area contributed by atoms with Gasteiger partial charge in [0.25, 0.3) is 11.1 Å². The maximum atomic E-state index is 14.9. The van der Waals surface area contributed by atoms with Gasteiger partial charge in [0, 0.05) is 31.8 Å². The summed E-state index contributed by atoms with van der Waals surface area (Å²) in [5, 5.41) is 21.6. The van der Waals surface area contributed by atoms with E-state index in [9.17, 15) is 29.2 Å². The first-order valence-corrected chi connectivity index (χ1v) is 18.3. The molecule has 2 aliphatic rings. The van der Waals surface area contributed by atoms with Crippen LogP contribution in [-0.2, 0) is 34.2 Å². The number of likely N-dealkylation sites (N-methyl/N-ethyl adjacent to an activating group) is 1. The number of nitrogen functional groups attached to an aromatic ring is 1. The van der Waals surface area contributed by atoms with Gasteiger partial charge in [0.2, 0.25) is 5.95 Å². The largest absolute Gasteiger partial charge is 0.493 e. The summed E-state index contributed by atoms with van der Waals surface area (Å²) in [5.74, 6) is 0.881. The number of fused-ring (bicyclic) bond motifs is 1. The minimum Gasteiger partial charge on any atom is -0.493 e. The van der Waals surface area contributed by atoms with Gasteiger partial charge in [-0.25, -0.2) is 19.0 Å². The topological polar surface area (TPSA) is 270 Å². The van der Waals surface area contributed by atoms with Gasteiger partial charge in [-0.15, -0.1) is 0 Å². The Morgan fingerprint density at radius 2 is 1.83 bits per heavy atom. The number of benzene rings is 1. The number of hydrogen-bond donors (Lipinski definition) is 5. The molecule has 3 aromatic heterocycles. The highest BCUT2D eigenvalue weighted by Crippen LogP contribution is 2.55. The Morgan fingerprint density at radius 3 is 2.54 bits per heavy atom. The van der Waals surface area contributed by atoms with Gasteiger partial charge in [0.05, 0.1) is 33.8 Å². The van der Waals surface area contributed by atoms with Crippen LogP contribution in [-0.4, -0.2) is 123 Å². The molecule has 0 spiro atoms. The highest BCUT2D eigenvalue weighted by molar-refractivity contribution is 7.51. The van der Waals surface area contributed by atoms with Crippen molar-refractivity contribution in [2.24, 2.45) is 0 Å². The number of aliphatic hydroxyl groups is 2. The number of H-pyrrole nitrogens is 2. The molecule has 5 heterocycles. The summed E-state index contributed by atoms with van der Waals surface area (Å²) in [5.41, 5.74) is 5.05. The van der Waals surface area contributed by atoms with Crippen molar-refractivity contribution in [3.05, 3.63) is 73.0 Å². The van der Waals surface area contributed by atoms with E-state index >= 15 is 0 Å². The molecule has 0 aliphatic carbocycles. The SMILES string of the molecule is COc1ccc(CCN(C)P(=O)(OCC2OC(n3cnc4c(=O)[nH]c(N)nc43)C(OC)C2O)OC2CC(n3cc(C)c(=O)[nH]c3=O)OC2CO)cc1OC. The molecule has 22 heteroatoms. The van der Waals surface area contributed by atoms with Crippen LogP contribution in [0.15, 0.2) is 45.1 Å². The minimum absolute atomic E-state index is 0.0133. The Hall–Kier alpha value is -4.44. The van der Waals surface area contributed by atoms with Gasteiger partial charge in [-0.3, -0.25) is 37.7 Å². The highest BCUT2D eigenvalue weighted by Gasteiger charge is 2.49. The molecule has 6 rings (SSSR count). The molecule has 6 N–H and O–H groups in total. The standard InChI is InChI=1S/C32H43N8O13P/c1-16-12-39(32(45)37-28(16)43)23-11-20(21(13-41)51-23)53-54(46,38(2)9-8-17-6-7-18(47-3)19(10-17)48-4)50-14-22-25(42)26(49-5)30(52-22)40-15-34-24-27(40)35-31(33)36-29(24)44/h6-7,10,12,15,20-23,25-26,30,41-42H,8-9,11,13-14H2,1-5H3,(H,37,43,45)(H3,33,35,36,44). The van der Waals surface area contributed by atoms with E-state index in [1.165, 1.54) is 61.6 Å². The molecule has 0 saturated carbocycles. The van der Waals surface area contributed by atoms with E-state index in [0.717, 1.165) is 5.56 Å². The summed E-state index contributed by atoms with van der Waals surface area (Å²) in [6.45, 7) is 0.620. The van der Waals surface area contributed by atoms with Crippen molar-refractivity contribution in [1.29, 1.82) is 0 Å². The lowest BCUT2D eigenvalue weighted by Crippen LogP contribution is -2.36. The molecule has 0 bridgehead atoms. The van der Waals surface area contributed by atoms with Crippen molar-refractivity contribution >= 4 is 24.9 Å². The van der Waals surface area contributed by atoms with Crippen LogP contribution < -0.4 is 32.0 Å². The van der Waals surface area contributed by atoms with Gasteiger partial charge in [-0.05, 0) is 38.1 Å². The number of imidazole rings is 1. The fourth-order valence-corrected chi connectivity index (χ4v) is 8.07. The molecule has 0 amide bonds. The summed E-state index contributed by atoms with van der Waals surface area (Å²) in [4.78, 5) is 49.9. The average molecular weight is 779 g/mol. The van der Waals surface area contributed by atoms with Gasteiger partial charge in [-0.2, -0.15) is 4.98 Å². The maximum absolute atomic E-state index is 14.9. The molecule has 54 heavy (non-hydrogen) atoms. The van der Waals surface area contributed by atoms with E-state index in [-0.39, 0.29) is 35.6 Å². The lowest BCUT2D eigenvalue weighted by Gasteiger charge is -2.31. The monoisotopic (exact) mass is 778 g/mol. The average Bonchev–Trinajstić information content (AvgIpc) is 3.85. The van der Waals surface area contributed by atoms with Gasteiger partial charge in [-0.1, -0.05) is 6.07 Å². The van der Waals surface area contributed by atoms with Gasteiger partial charge < -0.3 is 39.6 Å². The van der Waals surface area contributed by atoms with Crippen molar-refractivity contribution in [2.45, 2.75) is 62.7 Å². The van der Waals surface area contributed by atoms with E-state index in [1.54, 1.807) is 12.1 Å². The first-order valence-electron chi connectivity index (χ1n) is 16.8. The molecule has 8 unspecified atom stereocenters. The van der Waals surface area contributed by atoms with Gasteiger partial charge >= 0.3 is 13.4 Å². The number of rotatable bonds is 15. The van der Waals surface area contributed by atoms with E-state index < -0.39 is 80.7 Å². The third-order valence-electron chi connectivity index (χ3n) is 9.39. The quantitative estimate of drug-likeness (QED) is 0.0979. The summed E-state index contributed by atoms with van der Waals surface area (Å²) in [6, 6.07) is 5.35. The predicted octanol–water partition coefficient (Wildman–Crippen LogP) is -0.185. The van der Waals surface area contributed by atoms with Crippen molar-refractivity contribution in [3.8, 4) is 11.5 Å². The zero-order chi connectivity index (χ0) is 38.9. The van der Waals surface area contributed by atoms with E-state index in [0.29, 0.717) is 17.9 Å². The number of aryl methyl sites for hydroxylation is 1. The molecule has 21 nitrogen and oxygen atoms in total. The molecule has 8 atom stereocenters. The van der Waals surface area contributed by atoms with Crippen molar-refractivity contribution in [1.82, 2.24) is 33.7 Å². The van der Waals surface area contributed by atoms with Crippen LogP contribution in [0.4, 0.5) is 5.95 Å². The first kappa shape index (κ1) is 39.3. The Morgan fingerprint density at radius 1 is 1.07 bits per heavy atom. The number of aliphatic hydroxyl groups excluding tert-OH is 2. The molecular formula is C32H43N8O13P. The Balaban J connectivity index is 1.25. The van der Waals surface area contributed by atoms with Crippen molar-refractivity contribution in [3.63, 3.8) is 0 Å². The number of methoxy groups -OCH3 is 3. The van der Waals surface area contributed by atoms with E-state index in [2.05, 4.69) is 19.9 Å². The second-order valence-electron chi connectivity index (χ2n) is 12.8. The highest BCUT2D eigenvalue weighted by atomic mass is 31.2. The second kappa shape index (κ2) is 16.1. The lowest BCUT2D eigenvalue weighted by atomic mass is 10.1. The number of nitrogens with one attached hydrogen (secondary N) is 2. The number of ether oxygens (including phenoxy) is 5. The molecule has 1 aromatic carbocycles. The third-order valence-corrected chi connectivity index (χ3v) is 11.4. The number of aromatic amines is 2. The van der Waals surface area contributed by atoms with Crippen LogP contribution in [0.3, 0.4) is 0 Å². The van der Waals surface area contributed by atoms with Crippen molar-refractivity contribution < 1.29 is 47.5 Å². The van der Waals surface area contributed by atoms with Gasteiger partial charge in [0.1, 0.15) is 36.7 Å². The Labute approximate surface area is 307 Å². The molecular weight excluding hydrogens is 735 g/mol. The van der Waals surface area contributed by atoms with Crippen LogP contribution in [0.1, 0.15) is 30.0 Å². The van der Waals surface area contributed by atoms with Crippen LogP contribution in [0.25, 0.3) is 11.2 Å². The summed E-state index contributed by atoms with van der Waals surface area (Å²) >= 11 is 0. The smallest absolute Gasteiger partial charge is 0.408 e. The summed E-state index contributed by atoms with van der Waals surface area (Å²) < 4.78 is 59.5. The zero-order valence-corrected chi connectivity index (χ0v) is 31.0. The normalized spacial score (nSPS) is 25.4. The third kappa shape index (κ3) is 7.72. The fraction of sp³-hybridized carbons (Fsp3) is 0.531. The van der Waals surface area contributed by atoms with E-state index in [1.807, 2.05) is 6.07 Å². The second-order valence-corrected chi connectivity index (χ2v) is 14.9. The number of nitrogens with zero attached hydrogens (tertiary/aromatic N) is 5. The fourth-order valence-electron chi connectivity index (χ4n) is 6.41. The number of hydrogen-bond acceptors (Lipinski definition) is 16. The van der Waals surface area contributed by atoms with Crippen molar-refractivity contribution in [2.75, 3.05) is 53.9 Å².